The minimum atomic E-state index is 0.00177. The number of carbonyl (C=O) groups excluding carboxylic acids is 1. The van der Waals surface area contributed by atoms with Crippen LogP contribution in [0.4, 0.5) is 0 Å². The van der Waals surface area contributed by atoms with Crippen molar-refractivity contribution in [3.63, 3.8) is 0 Å². The van der Waals surface area contributed by atoms with Crippen molar-refractivity contribution in [2.24, 2.45) is 0 Å². The quantitative estimate of drug-likeness (QED) is 0.689. The van der Waals surface area contributed by atoms with Gasteiger partial charge in [-0.1, -0.05) is 0 Å². The standard InChI is InChI=1S/C18H19N5O4/c1-11(24)22(9-14-3-2-4-25-14)8-13-5-12-6-16-17(27-10-26-16)7-15(12)23-18(13)19-20-21-23/h5-7,14H,2-4,8-10H2,1H3. The van der Waals surface area contributed by atoms with Crippen molar-refractivity contribution >= 4 is 22.5 Å². The van der Waals surface area contributed by atoms with Crippen LogP contribution in [0.1, 0.15) is 25.3 Å². The SMILES string of the molecule is CC(=O)N(Cc1cc2cc3c(cc2n2nnnc12)OCO3)CC1CCCO1. The molecule has 2 aliphatic heterocycles. The largest absolute Gasteiger partial charge is 0.454 e. The predicted molar refractivity (Wildman–Crippen MR) is 94.5 cm³/mol. The third kappa shape index (κ3) is 2.84. The minimum Gasteiger partial charge on any atom is -0.454 e. The van der Waals surface area contributed by atoms with Crippen molar-refractivity contribution in [2.45, 2.75) is 32.4 Å². The van der Waals surface area contributed by atoms with Gasteiger partial charge in [-0.25, -0.2) is 0 Å². The highest BCUT2D eigenvalue weighted by Gasteiger charge is 2.23. The first-order valence-electron chi connectivity index (χ1n) is 8.99. The van der Waals surface area contributed by atoms with Gasteiger partial charge in [-0.3, -0.25) is 4.79 Å². The summed E-state index contributed by atoms with van der Waals surface area (Å²) in [4.78, 5) is 14.0. The van der Waals surface area contributed by atoms with Gasteiger partial charge in [-0.05, 0) is 35.4 Å². The lowest BCUT2D eigenvalue weighted by Crippen LogP contribution is -2.35. The minimum absolute atomic E-state index is 0.00177. The van der Waals surface area contributed by atoms with E-state index >= 15 is 0 Å². The lowest BCUT2D eigenvalue weighted by molar-refractivity contribution is -0.131. The molecule has 0 saturated carbocycles. The van der Waals surface area contributed by atoms with Crippen molar-refractivity contribution < 1.29 is 19.0 Å². The van der Waals surface area contributed by atoms with Crippen molar-refractivity contribution in [3.8, 4) is 11.5 Å². The van der Waals surface area contributed by atoms with Gasteiger partial charge >= 0.3 is 0 Å². The van der Waals surface area contributed by atoms with Gasteiger partial charge in [0.25, 0.3) is 0 Å². The van der Waals surface area contributed by atoms with Crippen LogP contribution in [0.2, 0.25) is 0 Å². The second kappa shape index (κ2) is 6.34. The number of ether oxygens (including phenoxy) is 3. The molecule has 1 unspecified atom stereocenters. The maximum Gasteiger partial charge on any atom is 0.231 e. The Balaban J connectivity index is 1.55. The van der Waals surface area contributed by atoms with E-state index < -0.39 is 0 Å². The van der Waals surface area contributed by atoms with Gasteiger partial charge in [0.2, 0.25) is 12.7 Å². The van der Waals surface area contributed by atoms with Crippen LogP contribution < -0.4 is 9.47 Å². The van der Waals surface area contributed by atoms with Gasteiger partial charge < -0.3 is 19.1 Å². The number of fused-ring (bicyclic) bond motifs is 4. The lowest BCUT2D eigenvalue weighted by Gasteiger charge is -2.24. The fraction of sp³-hybridized carbons (Fsp3) is 0.444. The summed E-state index contributed by atoms with van der Waals surface area (Å²) >= 11 is 0. The average Bonchev–Trinajstić information content (AvgIpc) is 3.40. The average molecular weight is 369 g/mol. The third-order valence-corrected chi connectivity index (χ3v) is 5.09. The van der Waals surface area contributed by atoms with E-state index in [0.29, 0.717) is 30.2 Å². The molecule has 1 aromatic carbocycles. The van der Waals surface area contributed by atoms with Gasteiger partial charge in [0.05, 0.1) is 11.6 Å². The van der Waals surface area contributed by atoms with Gasteiger partial charge in [0.1, 0.15) is 0 Å². The number of rotatable bonds is 4. The summed E-state index contributed by atoms with van der Waals surface area (Å²) in [6.45, 7) is 3.54. The second-order valence-electron chi connectivity index (χ2n) is 6.88. The Hall–Kier alpha value is -2.94. The van der Waals surface area contributed by atoms with Crippen LogP contribution in [0.15, 0.2) is 18.2 Å². The molecule has 0 spiro atoms. The zero-order valence-corrected chi connectivity index (χ0v) is 14.9. The third-order valence-electron chi connectivity index (χ3n) is 5.09. The molecule has 9 nitrogen and oxygen atoms in total. The highest BCUT2D eigenvalue weighted by Crippen LogP contribution is 2.36. The maximum absolute atomic E-state index is 12.2. The zero-order valence-electron chi connectivity index (χ0n) is 14.9. The number of tetrazole rings is 1. The highest BCUT2D eigenvalue weighted by molar-refractivity contribution is 5.86. The number of aromatic nitrogens is 4. The Morgan fingerprint density at radius 3 is 2.93 bits per heavy atom. The van der Waals surface area contributed by atoms with Crippen molar-refractivity contribution in [1.82, 2.24) is 24.9 Å². The molecule has 1 amide bonds. The topological polar surface area (TPSA) is 91.1 Å². The van der Waals surface area contributed by atoms with Crippen LogP contribution in [0.3, 0.4) is 0 Å². The van der Waals surface area contributed by atoms with Crippen LogP contribution >= 0.6 is 0 Å². The maximum atomic E-state index is 12.2. The number of benzene rings is 1. The first-order valence-corrected chi connectivity index (χ1v) is 8.99. The van der Waals surface area contributed by atoms with E-state index in [2.05, 4.69) is 15.5 Å². The van der Waals surface area contributed by atoms with E-state index in [1.807, 2.05) is 18.2 Å². The molecule has 2 aromatic heterocycles. The normalized spacial score (nSPS) is 18.5. The van der Waals surface area contributed by atoms with Crippen molar-refractivity contribution in [3.05, 3.63) is 23.8 Å². The molecule has 140 valence electrons. The second-order valence-corrected chi connectivity index (χ2v) is 6.88. The number of pyridine rings is 1. The fourth-order valence-electron chi connectivity index (χ4n) is 3.71. The molecule has 3 aromatic rings. The fourth-order valence-corrected chi connectivity index (χ4v) is 3.71. The molecular formula is C18H19N5O4. The van der Waals surface area contributed by atoms with E-state index in [1.165, 1.54) is 0 Å². The Morgan fingerprint density at radius 1 is 1.30 bits per heavy atom. The molecule has 4 heterocycles. The van der Waals surface area contributed by atoms with E-state index in [1.54, 1.807) is 16.3 Å². The molecule has 0 N–H and O–H groups in total. The summed E-state index contributed by atoms with van der Waals surface area (Å²) in [7, 11) is 0. The van der Waals surface area contributed by atoms with E-state index in [-0.39, 0.29) is 18.8 Å². The number of hydrogen-bond donors (Lipinski definition) is 0. The Bertz CT molecular complexity index is 1030. The molecule has 27 heavy (non-hydrogen) atoms. The first kappa shape index (κ1) is 16.2. The summed E-state index contributed by atoms with van der Waals surface area (Å²) in [5, 5.41) is 13.0. The smallest absolute Gasteiger partial charge is 0.231 e. The molecule has 2 aliphatic rings. The highest BCUT2D eigenvalue weighted by atomic mass is 16.7. The van der Waals surface area contributed by atoms with Crippen LogP contribution in [-0.2, 0) is 16.1 Å². The summed E-state index contributed by atoms with van der Waals surface area (Å²) in [5.74, 6) is 1.38. The summed E-state index contributed by atoms with van der Waals surface area (Å²) < 4.78 is 18.3. The van der Waals surface area contributed by atoms with Crippen molar-refractivity contribution in [2.75, 3.05) is 19.9 Å². The number of amides is 1. The molecular weight excluding hydrogens is 350 g/mol. The number of carbonyl (C=O) groups is 1. The molecule has 1 saturated heterocycles. The number of hydrogen-bond acceptors (Lipinski definition) is 7. The Labute approximate surface area is 154 Å². The van der Waals surface area contributed by atoms with E-state index in [0.717, 1.165) is 35.9 Å². The Kier molecular flexibility index (Phi) is 3.82. The lowest BCUT2D eigenvalue weighted by atomic mass is 10.1. The monoisotopic (exact) mass is 369 g/mol. The zero-order chi connectivity index (χ0) is 18.4. The molecule has 9 heteroatoms. The van der Waals surface area contributed by atoms with E-state index in [9.17, 15) is 4.79 Å². The Morgan fingerprint density at radius 2 is 2.15 bits per heavy atom. The molecule has 0 radical (unpaired) electrons. The molecule has 5 rings (SSSR count). The van der Waals surface area contributed by atoms with Gasteiger partial charge in [-0.2, -0.15) is 4.52 Å². The summed E-state index contributed by atoms with van der Waals surface area (Å²) in [6.07, 6.45) is 2.11. The van der Waals surface area contributed by atoms with Gasteiger partial charge in [0.15, 0.2) is 17.1 Å². The van der Waals surface area contributed by atoms with E-state index in [4.69, 9.17) is 14.2 Å². The van der Waals surface area contributed by atoms with Crippen LogP contribution in [-0.4, -0.2) is 56.9 Å². The van der Waals surface area contributed by atoms with Crippen LogP contribution in [0, 0.1) is 0 Å². The predicted octanol–water partition coefficient (Wildman–Crippen LogP) is 1.53. The van der Waals surface area contributed by atoms with Crippen molar-refractivity contribution in [1.29, 1.82) is 0 Å². The van der Waals surface area contributed by atoms with Crippen LogP contribution in [0.5, 0.6) is 11.5 Å². The van der Waals surface area contributed by atoms with Gasteiger partial charge in [-0.15, -0.1) is 5.10 Å². The van der Waals surface area contributed by atoms with Gasteiger partial charge in [0, 0.05) is 43.6 Å². The molecule has 1 fully saturated rings. The summed E-state index contributed by atoms with van der Waals surface area (Å²) in [6, 6.07) is 5.80. The molecule has 0 bridgehead atoms. The van der Waals surface area contributed by atoms with Crippen LogP contribution in [0.25, 0.3) is 16.6 Å². The summed E-state index contributed by atoms with van der Waals surface area (Å²) in [5.41, 5.74) is 2.33. The molecule has 1 atom stereocenters. The number of nitrogens with zero attached hydrogens (tertiary/aromatic N) is 5. The first-order chi connectivity index (χ1) is 13.2. The molecule has 0 aliphatic carbocycles.